The summed E-state index contributed by atoms with van der Waals surface area (Å²) >= 11 is 0. The largest absolute Gasteiger partial charge is 0.355 e. The Balaban J connectivity index is 2.19. The van der Waals surface area contributed by atoms with E-state index in [4.69, 9.17) is 5.73 Å². The van der Waals surface area contributed by atoms with Crippen molar-refractivity contribution >= 4 is 5.91 Å². The summed E-state index contributed by atoms with van der Waals surface area (Å²) < 4.78 is 0. The quantitative estimate of drug-likeness (QED) is 0.732. The van der Waals surface area contributed by atoms with Gasteiger partial charge in [0.1, 0.15) is 0 Å². The molecule has 1 fully saturated rings. The number of hydrogen-bond acceptors (Lipinski definition) is 3. The minimum atomic E-state index is -0.250. The van der Waals surface area contributed by atoms with Crippen LogP contribution in [0, 0.1) is 0 Å². The Kier molecular flexibility index (Phi) is 5.40. The number of carbonyl (C=O) groups is 1. The first kappa shape index (κ1) is 14.5. The lowest BCUT2D eigenvalue weighted by molar-refractivity contribution is -0.121. The molecule has 0 aromatic carbocycles. The molecule has 1 unspecified atom stereocenters. The van der Waals surface area contributed by atoms with E-state index in [1.807, 2.05) is 13.8 Å². The smallest absolute Gasteiger partial charge is 0.220 e. The Bertz CT molecular complexity index is 248. The fraction of sp³-hybridized carbons (Fsp3) is 0.923. The lowest BCUT2D eigenvalue weighted by Gasteiger charge is -2.23. The van der Waals surface area contributed by atoms with Crippen LogP contribution in [0.25, 0.3) is 0 Å². The van der Waals surface area contributed by atoms with E-state index in [0.29, 0.717) is 12.5 Å². The van der Waals surface area contributed by atoms with Crippen LogP contribution in [0.15, 0.2) is 0 Å². The summed E-state index contributed by atoms with van der Waals surface area (Å²) in [7, 11) is 0. The standard InChI is InChI=1S/C13H27N3O/c1-4-16-9-5-6-11(16)10-15-12(17)7-8-13(2,3)14/h11H,4-10,14H2,1-3H3,(H,15,17). The highest BCUT2D eigenvalue weighted by Gasteiger charge is 2.23. The van der Waals surface area contributed by atoms with Crippen molar-refractivity contribution in [2.45, 2.75) is 58.0 Å². The van der Waals surface area contributed by atoms with E-state index in [0.717, 1.165) is 19.5 Å². The third-order valence-electron chi connectivity index (χ3n) is 3.44. The molecule has 3 N–H and O–H groups in total. The van der Waals surface area contributed by atoms with E-state index in [1.54, 1.807) is 0 Å². The van der Waals surface area contributed by atoms with Gasteiger partial charge in [-0.1, -0.05) is 6.92 Å². The monoisotopic (exact) mass is 241 g/mol. The molecular formula is C13H27N3O. The number of likely N-dealkylation sites (N-methyl/N-ethyl adjacent to an activating group) is 1. The summed E-state index contributed by atoms with van der Waals surface area (Å²) in [6.07, 6.45) is 3.73. The van der Waals surface area contributed by atoms with Crippen molar-refractivity contribution in [3.63, 3.8) is 0 Å². The average molecular weight is 241 g/mol. The average Bonchev–Trinajstić information content (AvgIpc) is 2.69. The van der Waals surface area contributed by atoms with Gasteiger partial charge in [0, 0.05) is 24.5 Å². The second-order valence-corrected chi connectivity index (χ2v) is 5.72. The lowest BCUT2D eigenvalue weighted by atomic mass is 10.00. The van der Waals surface area contributed by atoms with Crippen molar-refractivity contribution in [2.75, 3.05) is 19.6 Å². The maximum atomic E-state index is 11.7. The first-order valence-corrected chi connectivity index (χ1v) is 6.72. The molecule has 0 bridgehead atoms. The molecule has 0 radical (unpaired) electrons. The molecule has 1 aliphatic rings. The molecule has 1 aliphatic heterocycles. The van der Waals surface area contributed by atoms with Crippen LogP contribution in [0.5, 0.6) is 0 Å². The second-order valence-electron chi connectivity index (χ2n) is 5.72. The van der Waals surface area contributed by atoms with Crippen molar-refractivity contribution in [3.8, 4) is 0 Å². The van der Waals surface area contributed by atoms with Crippen molar-refractivity contribution < 1.29 is 4.79 Å². The minimum Gasteiger partial charge on any atom is -0.355 e. The topological polar surface area (TPSA) is 58.4 Å². The van der Waals surface area contributed by atoms with E-state index < -0.39 is 0 Å². The molecule has 1 amide bonds. The van der Waals surface area contributed by atoms with Gasteiger partial charge in [-0.05, 0) is 46.2 Å². The van der Waals surface area contributed by atoms with Crippen molar-refractivity contribution in [3.05, 3.63) is 0 Å². The number of nitrogens with two attached hydrogens (primary N) is 1. The summed E-state index contributed by atoms with van der Waals surface area (Å²) in [5.41, 5.74) is 5.61. The predicted octanol–water partition coefficient (Wildman–Crippen LogP) is 1.10. The molecule has 1 rings (SSSR count). The molecule has 0 saturated carbocycles. The fourth-order valence-electron chi connectivity index (χ4n) is 2.30. The van der Waals surface area contributed by atoms with E-state index in [1.165, 1.54) is 19.4 Å². The summed E-state index contributed by atoms with van der Waals surface area (Å²) in [6, 6.07) is 0.537. The molecule has 4 nitrogen and oxygen atoms in total. The maximum Gasteiger partial charge on any atom is 0.220 e. The molecule has 0 aliphatic carbocycles. The zero-order valence-electron chi connectivity index (χ0n) is 11.5. The van der Waals surface area contributed by atoms with Crippen LogP contribution in [0.1, 0.15) is 46.5 Å². The van der Waals surface area contributed by atoms with Crippen LogP contribution < -0.4 is 11.1 Å². The third kappa shape index (κ3) is 5.50. The van der Waals surface area contributed by atoms with Crippen LogP contribution in [0.2, 0.25) is 0 Å². The number of amides is 1. The molecule has 4 heteroatoms. The Labute approximate surface area is 105 Å². The minimum absolute atomic E-state index is 0.131. The molecule has 1 atom stereocenters. The van der Waals surface area contributed by atoms with Gasteiger partial charge in [0.15, 0.2) is 0 Å². The first-order valence-electron chi connectivity index (χ1n) is 6.72. The SMILES string of the molecule is CCN1CCCC1CNC(=O)CCC(C)(C)N. The number of likely N-dealkylation sites (tertiary alicyclic amines) is 1. The highest BCUT2D eigenvalue weighted by atomic mass is 16.1. The van der Waals surface area contributed by atoms with Crippen LogP contribution in [-0.4, -0.2) is 42.0 Å². The zero-order chi connectivity index (χ0) is 12.9. The molecule has 0 spiro atoms. The zero-order valence-corrected chi connectivity index (χ0v) is 11.5. The molecular weight excluding hydrogens is 214 g/mol. The van der Waals surface area contributed by atoms with E-state index in [2.05, 4.69) is 17.1 Å². The lowest BCUT2D eigenvalue weighted by Crippen LogP contribution is -2.41. The van der Waals surface area contributed by atoms with Gasteiger partial charge >= 0.3 is 0 Å². The maximum absolute atomic E-state index is 11.7. The predicted molar refractivity (Wildman–Crippen MR) is 70.8 cm³/mol. The molecule has 0 aromatic rings. The van der Waals surface area contributed by atoms with E-state index >= 15 is 0 Å². The Morgan fingerprint density at radius 3 is 2.82 bits per heavy atom. The van der Waals surface area contributed by atoms with Gasteiger partial charge in [0.05, 0.1) is 0 Å². The second kappa shape index (κ2) is 6.36. The highest BCUT2D eigenvalue weighted by Crippen LogP contribution is 2.15. The van der Waals surface area contributed by atoms with Gasteiger partial charge in [-0.2, -0.15) is 0 Å². The van der Waals surface area contributed by atoms with Crippen LogP contribution in [-0.2, 0) is 4.79 Å². The van der Waals surface area contributed by atoms with Crippen molar-refractivity contribution in [1.82, 2.24) is 10.2 Å². The van der Waals surface area contributed by atoms with Crippen molar-refractivity contribution in [2.24, 2.45) is 5.73 Å². The number of hydrogen-bond donors (Lipinski definition) is 2. The summed E-state index contributed by atoms with van der Waals surface area (Å²) in [5.74, 6) is 0.131. The number of nitrogens with one attached hydrogen (secondary N) is 1. The van der Waals surface area contributed by atoms with Gasteiger partial charge in [0.2, 0.25) is 5.91 Å². The molecule has 17 heavy (non-hydrogen) atoms. The van der Waals surface area contributed by atoms with Gasteiger partial charge in [-0.3, -0.25) is 9.69 Å². The van der Waals surface area contributed by atoms with Crippen LogP contribution in [0.3, 0.4) is 0 Å². The first-order chi connectivity index (χ1) is 7.92. The highest BCUT2D eigenvalue weighted by molar-refractivity contribution is 5.75. The number of carbonyl (C=O) groups excluding carboxylic acids is 1. The number of nitrogens with zero attached hydrogens (tertiary/aromatic N) is 1. The Hall–Kier alpha value is -0.610. The summed E-state index contributed by atoms with van der Waals surface area (Å²) in [5, 5.41) is 3.03. The van der Waals surface area contributed by atoms with Crippen LogP contribution in [0.4, 0.5) is 0 Å². The molecule has 100 valence electrons. The Morgan fingerprint density at radius 1 is 1.53 bits per heavy atom. The van der Waals surface area contributed by atoms with E-state index in [-0.39, 0.29) is 11.4 Å². The third-order valence-corrected chi connectivity index (χ3v) is 3.44. The van der Waals surface area contributed by atoms with Gasteiger partial charge in [-0.25, -0.2) is 0 Å². The van der Waals surface area contributed by atoms with Crippen molar-refractivity contribution in [1.29, 1.82) is 0 Å². The Morgan fingerprint density at radius 2 is 2.24 bits per heavy atom. The summed E-state index contributed by atoms with van der Waals surface area (Å²) in [6.45, 7) is 9.13. The molecule has 0 aromatic heterocycles. The van der Waals surface area contributed by atoms with Crippen LogP contribution >= 0.6 is 0 Å². The molecule has 1 saturated heterocycles. The van der Waals surface area contributed by atoms with E-state index in [9.17, 15) is 4.79 Å². The van der Waals surface area contributed by atoms with Gasteiger partial charge in [0.25, 0.3) is 0 Å². The summed E-state index contributed by atoms with van der Waals surface area (Å²) in [4.78, 5) is 14.1. The van der Waals surface area contributed by atoms with Gasteiger partial charge in [-0.15, -0.1) is 0 Å². The number of rotatable bonds is 6. The van der Waals surface area contributed by atoms with Gasteiger partial charge < -0.3 is 11.1 Å². The fourth-order valence-corrected chi connectivity index (χ4v) is 2.30. The molecule has 1 heterocycles. The normalized spacial score (nSPS) is 21.8.